The molecule has 0 fully saturated rings. The fraction of sp³-hybridized carbons (Fsp3) is 0.0769. The SMILES string of the molecule is Cc1ccnc(NC(=O)c2cccc(F)c2F)c1. The number of carbonyl (C=O) groups is 1. The Balaban J connectivity index is 2.25. The largest absolute Gasteiger partial charge is 0.306 e. The summed E-state index contributed by atoms with van der Waals surface area (Å²) in [6.45, 7) is 1.83. The number of nitrogens with one attached hydrogen (secondary N) is 1. The summed E-state index contributed by atoms with van der Waals surface area (Å²) < 4.78 is 26.3. The van der Waals surface area contributed by atoms with Crippen molar-refractivity contribution in [1.82, 2.24) is 4.98 Å². The highest BCUT2D eigenvalue weighted by atomic mass is 19.2. The van der Waals surface area contributed by atoms with Gasteiger partial charge in [-0.25, -0.2) is 13.8 Å². The summed E-state index contributed by atoms with van der Waals surface area (Å²) in [7, 11) is 0. The third-order valence-electron chi connectivity index (χ3n) is 2.35. The first-order chi connectivity index (χ1) is 8.58. The van der Waals surface area contributed by atoms with Gasteiger partial charge in [-0.3, -0.25) is 4.79 Å². The van der Waals surface area contributed by atoms with Crippen LogP contribution in [-0.2, 0) is 0 Å². The molecule has 18 heavy (non-hydrogen) atoms. The van der Waals surface area contributed by atoms with Gasteiger partial charge in [-0.2, -0.15) is 0 Å². The molecule has 0 saturated carbocycles. The van der Waals surface area contributed by atoms with Crippen LogP contribution in [0.2, 0.25) is 0 Å². The monoisotopic (exact) mass is 248 g/mol. The fourth-order valence-corrected chi connectivity index (χ4v) is 1.47. The van der Waals surface area contributed by atoms with Crippen molar-refractivity contribution in [2.75, 3.05) is 5.32 Å². The minimum atomic E-state index is -1.16. The van der Waals surface area contributed by atoms with Gasteiger partial charge in [-0.05, 0) is 36.8 Å². The van der Waals surface area contributed by atoms with E-state index in [0.29, 0.717) is 5.82 Å². The van der Waals surface area contributed by atoms with Gasteiger partial charge in [-0.1, -0.05) is 6.07 Å². The molecule has 3 nitrogen and oxygen atoms in total. The molecular formula is C13H10F2N2O. The van der Waals surface area contributed by atoms with Crippen molar-refractivity contribution in [3.05, 3.63) is 59.3 Å². The lowest BCUT2D eigenvalue weighted by atomic mass is 10.2. The number of hydrogen-bond donors (Lipinski definition) is 1. The fourth-order valence-electron chi connectivity index (χ4n) is 1.47. The quantitative estimate of drug-likeness (QED) is 0.887. The Kier molecular flexibility index (Phi) is 3.32. The summed E-state index contributed by atoms with van der Waals surface area (Å²) in [6.07, 6.45) is 1.52. The maximum absolute atomic E-state index is 13.4. The van der Waals surface area contributed by atoms with E-state index in [1.807, 2.05) is 6.92 Å². The predicted molar refractivity (Wildman–Crippen MR) is 63.3 cm³/mol. The van der Waals surface area contributed by atoms with Crippen LogP contribution >= 0.6 is 0 Å². The van der Waals surface area contributed by atoms with Crippen molar-refractivity contribution >= 4 is 11.7 Å². The number of carbonyl (C=O) groups excluding carboxylic acids is 1. The molecule has 0 unspecified atom stereocenters. The first-order valence-electron chi connectivity index (χ1n) is 5.26. The number of rotatable bonds is 2. The van der Waals surface area contributed by atoms with E-state index >= 15 is 0 Å². The normalized spacial score (nSPS) is 10.2. The molecule has 0 atom stereocenters. The van der Waals surface area contributed by atoms with Gasteiger partial charge >= 0.3 is 0 Å². The molecule has 0 aliphatic heterocycles. The van der Waals surface area contributed by atoms with E-state index in [9.17, 15) is 13.6 Å². The van der Waals surface area contributed by atoms with Gasteiger partial charge in [0, 0.05) is 6.20 Å². The van der Waals surface area contributed by atoms with Crippen LogP contribution in [0.1, 0.15) is 15.9 Å². The molecule has 0 spiro atoms. The molecule has 0 aliphatic rings. The van der Waals surface area contributed by atoms with Crippen LogP contribution in [0.3, 0.4) is 0 Å². The number of hydrogen-bond acceptors (Lipinski definition) is 2. The van der Waals surface area contributed by atoms with E-state index in [4.69, 9.17) is 0 Å². The van der Waals surface area contributed by atoms with Gasteiger partial charge in [0.25, 0.3) is 5.91 Å². The van der Waals surface area contributed by atoms with Gasteiger partial charge < -0.3 is 5.32 Å². The number of benzene rings is 1. The van der Waals surface area contributed by atoms with Crippen molar-refractivity contribution in [2.24, 2.45) is 0 Å². The molecular weight excluding hydrogens is 238 g/mol. The van der Waals surface area contributed by atoms with Crippen LogP contribution in [0, 0.1) is 18.6 Å². The third kappa shape index (κ3) is 2.51. The molecule has 1 N–H and O–H groups in total. The topological polar surface area (TPSA) is 42.0 Å². The molecule has 0 saturated heterocycles. The Bertz CT molecular complexity index is 599. The standard InChI is InChI=1S/C13H10F2N2O/c1-8-5-6-16-11(7-8)17-13(18)9-3-2-4-10(14)12(9)15/h2-7H,1H3,(H,16,17,18). The number of halogens is 2. The molecule has 2 rings (SSSR count). The highest BCUT2D eigenvalue weighted by Gasteiger charge is 2.15. The maximum Gasteiger partial charge on any atom is 0.259 e. The molecule has 5 heteroatoms. The number of aryl methyl sites for hydroxylation is 1. The number of nitrogens with zero attached hydrogens (tertiary/aromatic N) is 1. The molecule has 2 aromatic rings. The Hall–Kier alpha value is -2.30. The Morgan fingerprint density at radius 3 is 2.78 bits per heavy atom. The summed E-state index contributed by atoms with van der Waals surface area (Å²) in [4.78, 5) is 15.6. The second-order valence-electron chi connectivity index (χ2n) is 3.77. The highest BCUT2D eigenvalue weighted by molar-refractivity contribution is 6.03. The van der Waals surface area contributed by atoms with E-state index in [-0.39, 0.29) is 5.56 Å². The van der Waals surface area contributed by atoms with E-state index in [1.54, 1.807) is 12.1 Å². The van der Waals surface area contributed by atoms with Crippen LogP contribution < -0.4 is 5.32 Å². The second-order valence-corrected chi connectivity index (χ2v) is 3.77. The molecule has 1 heterocycles. The van der Waals surface area contributed by atoms with Gasteiger partial charge in [0.05, 0.1) is 5.56 Å². The van der Waals surface area contributed by atoms with Crippen LogP contribution in [0.4, 0.5) is 14.6 Å². The number of anilines is 1. The Labute approximate surface area is 102 Å². The average Bonchev–Trinajstić information content (AvgIpc) is 2.32. The van der Waals surface area contributed by atoms with Gasteiger partial charge in [-0.15, -0.1) is 0 Å². The van der Waals surface area contributed by atoms with Crippen molar-refractivity contribution < 1.29 is 13.6 Å². The van der Waals surface area contributed by atoms with E-state index in [2.05, 4.69) is 10.3 Å². The second kappa shape index (κ2) is 4.91. The zero-order chi connectivity index (χ0) is 13.1. The number of pyridine rings is 1. The molecule has 1 amide bonds. The van der Waals surface area contributed by atoms with Crippen LogP contribution in [0.5, 0.6) is 0 Å². The van der Waals surface area contributed by atoms with Crippen LogP contribution in [-0.4, -0.2) is 10.9 Å². The van der Waals surface area contributed by atoms with Gasteiger partial charge in [0.1, 0.15) is 5.82 Å². The lowest BCUT2D eigenvalue weighted by Gasteiger charge is -2.06. The first-order valence-corrected chi connectivity index (χ1v) is 5.26. The molecule has 1 aromatic heterocycles. The highest BCUT2D eigenvalue weighted by Crippen LogP contribution is 2.13. The van der Waals surface area contributed by atoms with Crippen LogP contribution in [0.15, 0.2) is 36.5 Å². The molecule has 0 radical (unpaired) electrons. The minimum Gasteiger partial charge on any atom is -0.306 e. The summed E-state index contributed by atoms with van der Waals surface area (Å²) >= 11 is 0. The molecule has 1 aromatic carbocycles. The number of amides is 1. The molecule has 0 aliphatic carbocycles. The van der Waals surface area contributed by atoms with Crippen molar-refractivity contribution in [3.63, 3.8) is 0 Å². The van der Waals surface area contributed by atoms with E-state index in [1.165, 1.54) is 18.3 Å². The van der Waals surface area contributed by atoms with Crippen molar-refractivity contribution in [3.8, 4) is 0 Å². The zero-order valence-corrected chi connectivity index (χ0v) is 9.58. The van der Waals surface area contributed by atoms with Crippen molar-refractivity contribution in [2.45, 2.75) is 6.92 Å². The third-order valence-corrected chi connectivity index (χ3v) is 2.35. The van der Waals surface area contributed by atoms with E-state index < -0.39 is 17.5 Å². The lowest BCUT2D eigenvalue weighted by Crippen LogP contribution is -2.15. The van der Waals surface area contributed by atoms with E-state index in [0.717, 1.165) is 11.6 Å². The average molecular weight is 248 g/mol. The molecule has 0 bridgehead atoms. The maximum atomic E-state index is 13.4. The first kappa shape index (κ1) is 12.2. The summed E-state index contributed by atoms with van der Waals surface area (Å²) in [5.41, 5.74) is 0.554. The van der Waals surface area contributed by atoms with Gasteiger partial charge in [0.2, 0.25) is 0 Å². The minimum absolute atomic E-state index is 0.295. The van der Waals surface area contributed by atoms with Crippen LogP contribution in [0.25, 0.3) is 0 Å². The summed E-state index contributed by atoms with van der Waals surface area (Å²) in [5, 5.41) is 2.41. The summed E-state index contributed by atoms with van der Waals surface area (Å²) in [6, 6.07) is 6.84. The van der Waals surface area contributed by atoms with Gasteiger partial charge in [0.15, 0.2) is 11.6 Å². The Morgan fingerprint density at radius 2 is 2.06 bits per heavy atom. The predicted octanol–water partition coefficient (Wildman–Crippen LogP) is 2.92. The molecule has 92 valence electrons. The zero-order valence-electron chi connectivity index (χ0n) is 9.58. The number of aromatic nitrogens is 1. The summed E-state index contributed by atoms with van der Waals surface area (Å²) in [5.74, 6) is -2.66. The lowest BCUT2D eigenvalue weighted by molar-refractivity contribution is 0.102. The Morgan fingerprint density at radius 1 is 1.28 bits per heavy atom. The van der Waals surface area contributed by atoms with Crippen molar-refractivity contribution in [1.29, 1.82) is 0 Å². The smallest absolute Gasteiger partial charge is 0.259 e.